The third-order valence-electron chi connectivity index (χ3n) is 3.68. The van der Waals surface area contributed by atoms with Gasteiger partial charge in [0.05, 0.1) is 0 Å². The summed E-state index contributed by atoms with van der Waals surface area (Å²) in [6, 6.07) is -0.736. The molecule has 1 aliphatic carbocycles. The second kappa shape index (κ2) is 6.04. The number of esters is 1. The zero-order valence-electron chi connectivity index (χ0n) is 11.1. The molecule has 1 aliphatic heterocycles. The largest absolute Gasteiger partial charge is 0.439 e. The third-order valence-corrected chi connectivity index (χ3v) is 3.68. The van der Waals surface area contributed by atoms with Crippen LogP contribution in [0.3, 0.4) is 0 Å². The van der Waals surface area contributed by atoms with Gasteiger partial charge in [0.1, 0.15) is 0 Å². The van der Waals surface area contributed by atoms with Crippen LogP contribution >= 0.6 is 0 Å². The van der Waals surface area contributed by atoms with Gasteiger partial charge in [-0.1, -0.05) is 19.3 Å². The molecule has 2 rings (SSSR count). The minimum absolute atomic E-state index is 0.135. The van der Waals surface area contributed by atoms with Crippen molar-refractivity contribution in [2.45, 2.75) is 57.7 Å². The molecule has 0 aromatic rings. The maximum absolute atomic E-state index is 11.9. The highest BCUT2D eigenvalue weighted by atomic mass is 16.6. The Labute approximate surface area is 112 Å². The summed E-state index contributed by atoms with van der Waals surface area (Å²) < 4.78 is 4.87. The fourth-order valence-electron chi connectivity index (χ4n) is 2.66. The lowest BCUT2D eigenvalue weighted by atomic mass is 9.86. The van der Waals surface area contributed by atoms with E-state index in [2.05, 4.69) is 10.6 Å². The normalized spacial score (nSPS) is 27.1. The van der Waals surface area contributed by atoms with Gasteiger partial charge in [0, 0.05) is 13.3 Å². The lowest BCUT2D eigenvalue weighted by Gasteiger charge is -2.36. The summed E-state index contributed by atoms with van der Waals surface area (Å²) in [6.45, 7) is 1.27. The number of hydrogen-bond donors (Lipinski definition) is 2. The van der Waals surface area contributed by atoms with Crippen molar-refractivity contribution in [1.29, 1.82) is 0 Å². The van der Waals surface area contributed by atoms with Crippen LogP contribution in [0.4, 0.5) is 0 Å². The maximum atomic E-state index is 11.9. The smallest absolute Gasteiger partial charge is 0.304 e. The topological polar surface area (TPSA) is 84.5 Å². The molecule has 6 nitrogen and oxygen atoms in total. The van der Waals surface area contributed by atoms with Crippen LogP contribution < -0.4 is 10.6 Å². The number of nitrogens with one attached hydrogen (secondary N) is 2. The van der Waals surface area contributed by atoms with Gasteiger partial charge in [-0.2, -0.15) is 0 Å². The molecule has 1 saturated carbocycles. The summed E-state index contributed by atoms with van der Waals surface area (Å²) in [5.74, 6) is -0.493. The van der Waals surface area contributed by atoms with E-state index in [9.17, 15) is 14.4 Å². The first-order valence-electron chi connectivity index (χ1n) is 6.83. The Balaban J connectivity index is 1.77. The summed E-state index contributed by atoms with van der Waals surface area (Å²) in [4.78, 5) is 34.0. The van der Waals surface area contributed by atoms with E-state index in [-0.39, 0.29) is 11.8 Å². The lowest BCUT2D eigenvalue weighted by Crippen LogP contribution is -2.70. The minimum Gasteiger partial charge on any atom is -0.439 e. The van der Waals surface area contributed by atoms with E-state index in [4.69, 9.17) is 4.74 Å². The van der Waals surface area contributed by atoms with Crippen LogP contribution in [0.2, 0.25) is 0 Å². The number of ether oxygens (including phenoxy) is 1. The summed E-state index contributed by atoms with van der Waals surface area (Å²) in [5.41, 5.74) is 0. The van der Waals surface area contributed by atoms with E-state index in [1.807, 2.05) is 0 Å². The fraction of sp³-hybridized carbons (Fsp3) is 0.769. The van der Waals surface area contributed by atoms with Crippen LogP contribution in [-0.2, 0) is 19.1 Å². The van der Waals surface area contributed by atoms with Gasteiger partial charge < -0.3 is 15.4 Å². The van der Waals surface area contributed by atoms with Crippen molar-refractivity contribution in [3.8, 4) is 0 Å². The number of amides is 2. The maximum Gasteiger partial charge on any atom is 0.304 e. The van der Waals surface area contributed by atoms with E-state index in [1.54, 1.807) is 0 Å². The number of carbonyl (C=O) groups excluding carboxylic acids is 3. The summed E-state index contributed by atoms with van der Waals surface area (Å²) >= 11 is 0. The van der Waals surface area contributed by atoms with Crippen molar-refractivity contribution < 1.29 is 19.1 Å². The van der Waals surface area contributed by atoms with Crippen molar-refractivity contribution in [2.75, 3.05) is 0 Å². The molecule has 1 heterocycles. The molecule has 0 radical (unpaired) electrons. The van der Waals surface area contributed by atoms with Gasteiger partial charge in [-0.25, -0.2) is 0 Å². The lowest BCUT2D eigenvalue weighted by molar-refractivity contribution is -0.164. The van der Waals surface area contributed by atoms with E-state index in [1.165, 1.54) is 26.2 Å². The fourth-order valence-corrected chi connectivity index (χ4v) is 2.66. The summed E-state index contributed by atoms with van der Waals surface area (Å²) in [7, 11) is 0. The Bertz CT molecular complexity index is 377. The molecule has 0 aromatic carbocycles. The molecule has 2 N–H and O–H groups in total. The molecule has 2 unspecified atom stereocenters. The van der Waals surface area contributed by atoms with Crippen molar-refractivity contribution >= 4 is 17.8 Å². The van der Waals surface area contributed by atoms with Crippen LogP contribution in [0.1, 0.15) is 45.4 Å². The van der Waals surface area contributed by atoms with E-state index in [0.717, 1.165) is 12.8 Å². The molecular formula is C13H20N2O4. The molecule has 2 atom stereocenters. The third kappa shape index (κ3) is 3.68. The second-order valence-electron chi connectivity index (χ2n) is 5.29. The highest BCUT2D eigenvalue weighted by Crippen LogP contribution is 2.26. The summed E-state index contributed by atoms with van der Waals surface area (Å²) in [5, 5.41) is 5.08. The molecular weight excluding hydrogens is 248 g/mol. The molecule has 0 bridgehead atoms. The number of carbonyl (C=O) groups is 3. The molecule has 0 aromatic heterocycles. The van der Waals surface area contributed by atoms with Gasteiger partial charge in [0.15, 0.2) is 6.04 Å². The van der Waals surface area contributed by atoms with Gasteiger partial charge in [-0.3, -0.25) is 14.4 Å². The van der Waals surface area contributed by atoms with Gasteiger partial charge in [0.25, 0.3) is 5.91 Å². The van der Waals surface area contributed by atoms with Crippen molar-refractivity contribution in [3.63, 3.8) is 0 Å². The first-order chi connectivity index (χ1) is 9.06. The van der Waals surface area contributed by atoms with E-state index < -0.39 is 18.2 Å². The molecule has 0 spiro atoms. The molecule has 106 valence electrons. The van der Waals surface area contributed by atoms with Crippen LogP contribution in [0.25, 0.3) is 0 Å². The predicted octanol–water partition coefficient (Wildman–Crippen LogP) is 0.461. The van der Waals surface area contributed by atoms with Gasteiger partial charge in [0.2, 0.25) is 12.1 Å². The molecule has 2 amide bonds. The summed E-state index contributed by atoms with van der Waals surface area (Å²) in [6.07, 6.45) is 5.50. The molecule has 2 fully saturated rings. The molecule has 1 saturated heterocycles. The van der Waals surface area contributed by atoms with Crippen molar-refractivity contribution in [2.24, 2.45) is 5.92 Å². The minimum atomic E-state index is -0.736. The highest BCUT2D eigenvalue weighted by molar-refractivity contribution is 5.93. The Kier molecular flexibility index (Phi) is 4.39. The zero-order chi connectivity index (χ0) is 13.8. The van der Waals surface area contributed by atoms with Crippen molar-refractivity contribution in [1.82, 2.24) is 10.6 Å². The average Bonchev–Trinajstić information content (AvgIpc) is 2.36. The molecule has 19 heavy (non-hydrogen) atoms. The SMILES string of the molecule is CC(=O)OC1NC(=O)C1NC(=O)CC1CCCCC1. The molecule has 6 heteroatoms. The van der Waals surface area contributed by atoms with E-state index in [0.29, 0.717) is 12.3 Å². The standard InChI is InChI=1S/C13H20N2O4/c1-8(16)19-13-11(12(18)15-13)14-10(17)7-9-5-3-2-4-6-9/h9,11,13H,2-7H2,1H3,(H,14,17)(H,15,18). The first kappa shape index (κ1) is 13.8. The Morgan fingerprint density at radius 3 is 2.58 bits per heavy atom. The number of β-lactam (4-membered cyclic amide) rings is 1. The van der Waals surface area contributed by atoms with Gasteiger partial charge in [-0.15, -0.1) is 0 Å². The monoisotopic (exact) mass is 268 g/mol. The van der Waals surface area contributed by atoms with Crippen LogP contribution in [0.15, 0.2) is 0 Å². The zero-order valence-corrected chi connectivity index (χ0v) is 11.1. The van der Waals surface area contributed by atoms with Gasteiger partial charge >= 0.3 is 5.97 Å². The van der Waals surface area contributed by atoms with Crippen molar-refractivity contribution in [3.05, 3.63) is 0 Å². The van der Waals surface area contributed by atoms with Crippen LogP contribution in [0.5, 0.6) is 0 Å². The van der Waals surface area contributed by atoms with Crippen LogP contribution in [-0.4, -0.2) is 30.1 Å². The predicted molar refractivity (Wildman–Crippen MR) is 66.8 cm³/mol. The quantitative estimate of drug-likeness (QED) is 0.573. The van der Waals surface area contributed by atoms with Gasteiger partial charge in [-0.05, 0) is 18.8 Å². The van der Waals surface area contributed by atoms with E-state index >= 15 is 0 Å². The Morgan fingerprint density at radius 1 is 1.32 bits per heavy atom. The van der Waals surface area contributed by atoms with Crippen LogP contribution in [0, 0.1) is 5.92 Å². The highest BCUT2D eigenvalue weighted by Gasteiger charge is 2.43. The Hall–Kier alpha value is -1.59. The second-order valence-corrected chi connectivity index (χ2v) is 5.29. The average molecular weight is 268 g/mol. The molecule has 2 aliphatic rings. The number of hydrogen-bond acceptors (Lipinski definition) is 4. The first-order valence-corrected chi connectivity index (χ1v) is 6.83. The Morgan fingerprint density at radius 2 is 2.00 bits per heavy atom. The number of rotatable bonds is 4.